The topological polar surface area (TPSA) is 42.0 Å². The third-order valence-corrected chi connectivity index (χ3v) is 6.09. The van der Waals surface area contributed by atoms with E-state index in [4.69, 9.17) is 9.47 Å². The molecule has 154 valence electrons. The van der Waals surface area contributed by atoms with E-state index >= 15 is 0 Å². The number of methoxy groups -OCH3 is 1. The molecular formula is C24H30N2O3. The Morgan fingerprint density at radius 3 is 2.34 bits per heavy atom. The monoisotopic (exact) mass is 394 g/mol. The number of ether oxygens (including phenoxy) is 2. The van der Waals surface area contributed by atoms with Crippen LogP contribution in [0, 0.1) is 0 Å². The summed E-state index contributed by atoms with van der Waals surface area (Å²) >= 11 is 0. The lowest BCUT2D eigenvalue weighted by Crippen LogP contribution is -2.63. The highest BCUT2D eigenvalue weighted by Crippen LogP contribution is 2.35. The molecule has 2 aliphatic heterocycles. The van der Waals surface area contributed by atoms with E-state index in [1.54, 1.807) is 7.11 Å². The Kier molecular flexibility index (Phi) is 6.28. The van der Waals surface area contributed by atoms with Crippen molar-refractivity contribution in [1.29, 1.82) is 0 Å². The number of morpholine rings is 1. The van der Waals surface area contributed by atoms with Crippen molar-refractivity contribution in [1.82, 2.24) is 4.90 Å². The molecule has 1 spiro atoms. The number of piperidine rings is 1. The highest BCUT2D eigenvalue weighted by molar-refractivity contribution is 5.97. The minimum Gasteiger partial charge on any atom is -0.381 e. The van der Waals surface area contributed by atoms with Crippen molar-refractivity contribution >= 4 is 11.6 Å². The number of benzene rings is 2. The first-order valence-electron chi connectivity index (χ1n) is 10.5. The van der Waals surface area contributed by atoms with Gasteiger partial charge in [-0.25, -0.2) is 0 Å². The fraction of sp³-hybridized carbons (Fsp3) is 0.458. The Morgan fingerprint density at radius 1 is 1.03 bits per heavy atom. The van der Waals surface area contributed by atoms with Gasteiger partial charge in [0.15, 0.2) is 6.10 Å². The SMILES string of the molecule is COC[C@@H]1OC2(CCN(CCc3ccccc3)CC2)CN(c2ccccc2)C1=O. The molecule has 5 nitrogen and oxygen atoms in total. The standard InChI is InChI=1S/C24H30N2O3/c1-28-18-22-23(27)26(21-10-6-3-7-11-21)19-24(29-22)13-16-25(17-14-24)15-12-20-8-4-2-5-9-20/h2-11,22H,12-19H2,1H3/t22-/m0/s1. The zero-order valence-corrected chi connectivity index (χ0v) is 17.1. The van der Waals surface area contributed by atoms with Crippen molar-refractivity contribution in [3.63, 3.8) is 0 Å². The van der Waals surface area contributed by atoms with Crippen LogP contribution in [0.5, 0.6) is 0 Å². The van der Waals surface area contributed by atoms with Crippen molar-refractivity contribution in [3.8, 4) is 0 Å². The van der Waals surface area contributed by atoms with Crippen LogP contribution in [0.3, 0.4) is 0 Å². The number of anilines is 1. The third-order valence-electron chi connectivity index (χ3n) is 6.09. The molecule has 4 rings (SSSR count). The summed E-state index contributed by atoms with van der Waals surface area (Å²) in [5.74, 6) is -0.00446. The highest BCUT2D eigenvalue weighted by atomic mass is 16.6. The Balaban J connectivity index is 1.42. The molecule has 2 aliphatic rings. The lowest BCUT2D eigenvalue weighted by molar-refractivity contribution is -0.172. The van der Waals surface area contributed by atoms with Crippen LogP contribution in [0.4, 0.5) is 5.69 Å². The van der Waals surface area contributed by atoms with Crippen LogP contribution in [0.15, 0.2) is 60.7 Å². The number of rotatable bonds is 6. The van der Waals surface area contributed by atoms with Gasteiger partial charge in [0, 0.05) is 32.4 Å². The summed E-state index contributed by atoms with van der Waals surface area (Å²) < 4.78 is 11.7. The minimum absolute atomic E-state index is 0.00446. The molecule has 0 bridgehead atoms. The minimum atomic E-state index is -0.537. The number of nitrogens with zero attached hydrogens (tertiary/aromatic N) is 2. The Labute approximate surface area is 173 Å². The van der Waals surface area contributed by atoms with Gasteiger partial charge in [0.25, 0.3) is 5.91 Å². The molecule has 0 radical (unpaired) electrons. The largest absolute Gasteiger partial charge is 0.381 e. The first-order chi connectivity index (χ1) is 14.2. The van der Waals surface area contributed by atoms with E-state index in [1.807, 2.05) is 35.2 Å². The molecule has 5 heteroatoms. The van der Waals surface area contributed by atoms with Crippen molar-refractivity contribution < 1.29 is 14.3 Å². The van der Waals surface area contributed by atoms with Crippen LogP contribution in [0.1, 0.15) is 18.4 Å². The van der Waals surface area contributed by atoms with E-state index in [1.165, 1.54) is 5.56 Å². The summed E-state index contributed by atoms with van der Waals surface area (Å²) in [5.41, 5.74) is 2.02. The maximum absolute atomic E-state index is 13.0. The summed E-state index contributed by atoms with van der Waals surface area (Å²) in [6.45, 7) is 3.94. The van der Waals surface area contributed by atoms with Gasteiger partial charge in [0.2, 0.25) is 0 Å². The Morgan fingerprint density at radius 2 is 1.69 bits per heavy atom. The first kappa shape index (κ1) is 20.1. The average Bonchev–Trinajstić information content (AvgIpc) is 2.77. The number of para-hydroxylation sites is 1. The molecule has 2 aromatic carbocycles. The van der Waals surface area contributed by atoms with Gasteiger partial charge in [0.05, 0.1) is 18.8 Å². The first-order valence-corrected chi connectivity index (χ1v) is 10.5. The summed E-state index contributed by atoms with van der Waals surface area (Å²) in [7, 11) is 1.62. The number of carbonyl (C=O) groups excluding carboxylic acids is 1. The lowest BCUT2D eigenvalue weighted by Gasteiger charge is -2.49. The fourth-order valence-electron chi connectivity index (χ4n) is 4.40. The predicted molar refractivity (Wildman–Crippen MR) is 114 cm³/mol. The maximum Gasteiger partial charge on any atom is 0.258 e. The van der Waals surface area contributed by atoms with Gasteiger partial charge in [-0.05, 0) is 37.0 Å². The van der Waals surface area contributed by atoms with Crippen LogP contribution in [-0.4, -0.2) is 62.4 Å². The van der Waals surface area contributed by atoms with E-state index in [9.17, 15) is 4.79 Å². The molecule has 2 saturated heterocycles. The van der Waals surface area contributed by atoms with Gasteiger partial charge >= 0.3 is 0 Å². The summed E-state index contributed by atoms with van der Waals surface area (Å²) in [6.07, 6.45) is 2.39. The summed E-state index contributed by atoms with van der Waals surface area (Å²) in [6, 6.07) is 20.6. The zero-order chi connectivity index (χ0) is 20.1. The number of hydrogen-bond acceptors (Lipinski definition) is 4. The van der Waals surface area contributed by atoms with Gasteiger partial charge in [0.1, 0.15) is 0 Å². The molecule has 2 fully saturated rings. The maximum atomic E-state index is 13.0. The second-order valence-corrected chi connectivity index (χ2v) is 8.08. The van der Waals surface area contributed by atoms with Crippen LogP contribution in [0.25, 0.3) is 0 Å². The van der Waals surface area contributed by atoms with Crippen molar-refractivity contribution in [3.05, 3.63) is 66.2 Å². The number of carbonyl (C=O) groups is 1. The molecule has 0 aromatic heterocycles. The second kappa shape index (κ2) is 9.08. The van der Waals surface area contributed by atoms with Gasteiger partial charge < -0.3 is 19.3 Å². The Hall–Kier alpha value is -2.21. The van der Waals surface area contributed by atoms with E-state index in [0.29, 0.717) is 13.2 Å². The van der Waals surface area contributed by atoms with Gasteiger partial charge in [-0.3, -0.25) is 4.79 Å². The zero-order valence-electron chi connectivity index (χ0n) is 17.1. The van der Waals surface area contributed by atoms with E-state index in [0.717, 1.165) is 44.6 Å². The van der Waals surface area contributed by atoms with Gasteiger partial charge in [-0.2, -0.15) is 0 Å². The number of likely N-dealkylation sites (tertiary alicyclic amines) is 1. The van der Waals surface area contributed by atoms with E-state index < -0.39 is 6.10 Å². The van der Waals surface area contributed by atoms with Gasteiger partial charge in [-0.1, -0.05) is 48.5 Å². The number of hydrogen-bond donors (Lipinski definition) is 0. The van der Waals surface area contributed by atoms with E-state index in [2.05, 4.69) is 35.2 Å². The van der Waals surface area contributed by atoms with Crippen LogP contribution >= 0.6 is 0 Å². The van der Waals surface area contributed by atoms with Crippen molar-refractivity contribution in [2.75, 3.05) is 44.8 Å². The molecule has 0 aliphatic carbocycles. The molecule has 2 aromatic rings. The third kappa shape index (κ3) is 4.69. The van der Waals surface area contributed by atoms with Crippen LogP contribution in [0.2, 0.25) is 0 Å². The fourth-order valence-corrected chi connectivity index (χ4v) is 4.40. The molecule has 1 amide bonds. The predicted octanol–water partition coefficient (Wildman–Crippen LogP) is 3.14. The molecule has 0 unspecified atom stereocenters. The lowest BCUT2D eigenvalue weighted by atomic mass is 9.88. The highest BCUT2D eigenvalue weighted by Gasteiger charge is 2.47. The van der Waals surface area contributed by atoms with Gasteiger partial charge in [-0.15, -0.1) is 0 Å². The van der Waals surface area contributed by atoms with Crippen LogP contribution < -0.4 is 4.90 Å². The summed E-state index contributed by atoms with van der Waals surface area (Å²) in [5, 5.41) is 0. The molecule has 29 heavy (non-hydrogen) atoms. The molecule has 1 atom stereocenters. The van der Waals surface area contributed by atoms with Crippen molar-refractivity contribution in [2.24, 2.45) is 0 Å². The second-order valence-electron chi connectivity index (χ2n) is 8.08. The smallest absolute Gasteiger partial charge is 0.258 e. The van der Waals surface area contributed by atoms with Crippen molar-refractivity contribution in [2.45, 2.75) is 31.0 Å². The Bertz CT molecular complexity index is 788. The molecule has 0 saturated carbocycles. The molecule has 0 N–H and O–H groups in total. The molecule has 2 heterocycles. The summed E-state index contributed by atoms with van der Waals surface area (Å²) in [4.78, 5) is 17.4. The van der Waals surface area contributed by atoms with Crippen LogP contribution in [-0.2, 0) is 20.7 Å². The average molecular weight is 395 g/mol. The van der Waals surface area contributed by atoms with E-state index in [-0.39, 0.29) is 11.5 Å². The number of amides is 1. The normalized spacial score (nSPS) is 22.2. The quantitative estimate of drug-likeness (QED) is 0.755. The molecular weight excluding hydrogens is 364 g/mol.